The van der Waals surface area contributed by atoms with Crippen molar-refractivity contribution in [3.63, 3.8) is 0 Å². The first-order chi connectivity index (χ1) is 8.13. The molecule has 17 heavy (non-hydrogen) atoms. The van der Waals surface area contributed by atoms with Crippen LogP contribution in [0.4, 0.5) is 0 Å². The van der Waals surface area contributed by atoms with Crippen LogP contribution in [-0.2, 0) is 0 Å². The van der Waals surface area contributed by atoms with Crippen LogP contribution in [0.2, 0.25) is 0 Å². The second-order valence-electron chi connectivity index (χ2n) is 6.08. The molecule has 1 aliphatic carbocycles. The normalized spacial score (nSPS) is 42.9. The molecule has 2 rings (SSSR count). The van der Waals surface area contributed by atoms with E-state index in [-0.39, 0.29) is 0 Å². The minimum Gasteiger partial charge on any atom is -0.389 e. The number of hydrogen-bond acceptors (Lipinski definition) is 3. The van der Waals surface area contributed by atoms with Gasteiger partial charge >= 0.3 is 0 Å². The lowest BCUT2D eigenvalue weighted by atomic mass is 9.77. The van der Waals surface area contributed by atoms with Gasteiger partial charge in [0.25, 0.3) is 0 Å². The molecule has 0 radical (unpaired) electrons. The zero-order chi connectivity index (χ0) is 12.3. The van der Waals surface area contributed by atoms with Gasteiger partial charge in [-0.05, 0) is 43.3 Å². The number of hydrogen-bond donors (Lipinski definition) is 2. The van der Waals surface area contributed by atoms with Crippen LogP contribution in [0, 0.1) is 11.8 Å². The molecule has 0 aromatic rings. The maximum absolute atomic E-state index is 10.6. The van der Waals surface area contributed by atoms with E-state index in [9.17, 15) is 5.11 Å². The predicted octanol–water partition coefficient (Wildman–Crippen LogP) is 2.66. The summed E-state index contributed by atoms with van der Waals surface area (Å²) in [6, 6.07) is 0.618. The van der Waals surface area contributed by atoms with Gasteiger partial charge in [0.1, 0.15) is 0 Å². The highest BCUT2D eigenvalue weighted by Crippen LogP contribution is 2.33. The van der Waals surface area contributed by atoms with E-state index in [1.165, 1.54) is 30.8 Å². The quantitative estimate of drug-likeness (QED) is 0.812. The van der Waals surface area contributed by atoms with Crippen molar-refractivity contribution in [3.05, 3.63) is 0 Å². The number of nitrogens with one attached hydrogen (secondary N) is 1. The molecular weight excluding hydrogens is 230 g/mol. The molecule has 2 fully saturated rings. The van der Waals surface area contributed by atoms with Crippen molar-refractivity contribution >= 4 is 11.8 Å². The number of rotatable bonds is 4. The smallest absolute Gasteiger partial charge is 0.0771 e. The third-order valence-electron chi connectivity index (χ3n) is 4.67. The van der Waals surface area contributed by atoms with E-state index in [1.807, 2.05) is 11.8 Å². The Morgan fingerprint density at radius 1 is 1.29 bits per heavy atom. The van der Waals surface area contributed by atoms with Crippen molar-refractivity contribution < 1.29 is 5.11 Å². The van der Waals surface area contributed by atoms with Crippen molar-refractivity contribution in [3.8, 4) is 0 Å². The summed E-state index contributed by atoms with van der Waals surface area (Å²) >= 11 is 2.04. The molecule has 2 unspecified atom stereocenters. The van der Waals surface area contributed by atoms with Gasteiger partial charge in [-0.3, -0.25) is 0 Å². The monoisotopic (exact) mass is 257 g/mol. The van der Waals surface area contributed by atoms with Crippen LogP contribution in [0.3, 0.4) is 0 Å². The van der Waals surface area contributed by atoms with Gasteiger partial charge in [0.15, 0.2) is 0 Å². The van der Waals surface area contributed by atoms with Gasteiger partial charge in [0, 0.05) is 18.3 Å². The molecule has 1 aliphatic heterocycles. The first-order valence-corrected chi connectivity index (χ1v) is 8.32. The summed E-state index contributed by atoms with van der Waals surface area (Å²) in [7, 11) is 0. The third-order valence-corrected chi connectivity index (χ3v) is 6.03. The molecule has 0 aromatic carbocycles. The Bertz CT molecular complexity index is 238. The van der Waals surface area contributed by atoms with E-state index < -0.39 is 5.60 Å². The van der Waals surface area contributed by atoms with Crippen LogP contribution < -0.4 is 5.32 Å². The van der Waals surface area contributed by atoms with Gasteiger partial charge in [-0.15, -0.1) is 0 Å². The van der Waals surface area contributed by atoms with E-state index in [0.29, 0.717) is 6.04 Å². The van der Waals surface area contributed by atoms with E-state index in [0.717, 1.165) is 31.2 Å². The summed E-state index contributed by atoms with van der Waals surface area (Å²) in [6.45, 7) is 5.39. The van der Waals surface area contributed by atoms with Crippen molar-refractivity contribution in [1.82, 2.24) is 5.32 Å². The minimum atomic E-state index is -0.418. The highest BCUT2D eigenvalue weighted by Gasteiger charge is 2.34. The fraction of sp³-hybridized carbons (Fsp3) is 1.00. The molecule has 2 aliphatic rings. The standard InChI is InChI=1S/C14H27NOS/c1-3-12-4-6-14(16,7-5-12)10-15-13-9-17-8-11(13)2/h11-13,15-16H,3-10H2,1-2H3. The van der Waals surface area contributed by atoms with Crippen LogP contribution in [-0.4, -0.2) is 34.8 Å². The predicted molar refractivity (Wildman–Crippen MR) is 75.5 cm³/mol. The fourth-order valence-corrected chi connectivity index (χ4v) is 4.48. The molecule has 0 amide bonds. The van der Waals surface area contributed by atoms with Crippen molar-refractivity contribution in [1.29, 1.82) is 0 Å². The molecule has 1 heterocycles. The largest absolute Gasteiger partial charge is 0.389 e. The zero-order valence-corrected chi connectivity index (χ0v) is 12.1. The van der Waals surface area contributed by atoms with Crippen molar-refractivity contribution in [2.45, 2.75) is 57.6 Å². The van der Waals surface area contributed by atoms with Crippen LogP contribution in [0.1, 0.15) is 46.0 Å². The lowest BCUT2D eigenvalue weighted by Crippen LogP contribution is -2.48. The second-order valence-corrected chi connectivity index (χ2v) is 7.15. The number of aliphatic hydroxyl groups is 1. The molecule has 100 valence electrons. The molecule has 3 heteroatoms. The van der Waals surface area contributed by atoms with Crippen molar-refractivity contribution in [2.75, 3.05) is 18.1 Å². The van der Waals surface area contributed by atoms with Gasteiger partial charge in [-0.2, -0.15) is 11.8 Å². The Hall–Kier alpha value is 0.270. The molecule has 1 saturated carbocycles. The summed E-state index contributed by atoms with van der Waals surface area (Å²) in [5, 5.41) is 14.2. The highest BCUT2D eigenvalue weighted by atomic mass is 32.2. The lowest BCUT2D eigenvalue weighted by Gasteiger charge is -2.37. The molecule has 1 saturated heterocycles. The van der Waals surface area contributed by atoms with Crippen molar-refractivity contribution in [2.24, 2.45) is 11.8 Å². The van der Waals surface area contributed by atoms with Crippen LogP contribution in [0.25, 0.3) is 0 Å². The lowest BCUT2D eigenvalue weighted by molar-refractivity contribution is -0.0109. The van der Waals surface area contributed by atoms with Crippen LogP contribution in [0.5, 0.6) is 0 Å². The van der Waals surface area contributed by atoms with Crippen LogP contribution in [0.15, 0.2) is 0 Å². The summed E-state index contributed by atoms with van der Waals surface area (Å²) in [5.74, 6) is 4.11. The molecule has 2 N–H and O–H groups in total. The van der Waals surface area contributed by atoms with E-state index in [1.54, 1.807) is 0 Å². The summed E-state index contributed by atoms with van der Waals surface area (Å²) in [6.07, 6.45) is 5.69. The number of thioether (sulfide) groups is 1. The molecule has 0 bridgehead atoms. The Kier molecular flexibility index (Phi) is 4.79. The summed E-state index contributed by atoms with van der Waals surface area (Å²) in [4.78, 5) is 0. The average molecular weight is 257 g/mol. The topological polar surface area (TPSA) is 32.3 Å². The van der Waals surface area contributed by atoms with E-state index in [4.69, 9.17) is 0 Å². The minimum absolute atomic E-state index is 0.418. The van der Waals surface area contributed by atoms with Gasteiger partial charge in [-0.1, -0.05) is 20.3 Å². The molecule has 2 atom stereocenters. The Morgan fingerprint density at radius 2 is 2.00 bits per heavy atom. The Morgan fingerprint density at radius 3 is 2.53 bits per heavy atom. The first-order valence-electron chi connectivity index (χ1n) is 7.16. The highest BCUT2D eigenvalue weighted by molar-refractivity contribution is 7.99. The average Bonchev–Trinajstić information content (AvgIpc) is 2.74. The van der Waals surface area contributed by atoms with Gasteiger partial charge in [0.2, 0.25) is 0 Å². The first kappa shape index (κ1) is 13.7. The Balaban J connectivity index is 1.74. The van der Waals surface area contributed by atoms with E-state index >= 15 is 0 Å². The molecule has 2 nitrogen and oxygen atoms in total. The summed E-state index contributed by atoms with van der Waals surface area (Å²) < 4.78 is 0. The SMILES string of the molecule is CCC1CCC(O)(CNC2CSCC2C)CC1. The molecule has 0 spiro atoms. The van der Waals surface area contributed by atoms with E-state index in [2.05, 4.69) is 19.2 Å². The molecular formula is C14H27NOS. The van der Waals surface area contributed by atoms with Gasteiger partial charge in [-0.25, -0.2) is 0 Å². The maximum atomic E-state index is 10.6. The summed E-state index contributed by atoms with van der Waals surface area (Å²) in [5.41, 5.74) is -0.418. The molecule has 0 aromatic heterocycles. The maximum Gasteiger partial charge on any atom is 0.0771 e. The van der Waals surface area contributed by atoms with Crippen LogP contribution >= 0.6 is 11.8 Å². The third kappa shape index (κ3) is 3.62. The van der Waals surface area contributed by atoms with Gasteiger partial charge < -0.3 is 10.4 Å². The Labute approximate surface area is 110 Å². The fourth-order valence-electron chi connectivity index (χ4n) is 3.04. The zero-order valence-electron chi connectivity index (χ0n) is 11.2. The second kappa shape index (κ2) is 5.94. The van der Waals surface area contributed by atoms with Gasteiger partial charge in [0.05, 0.1) is 5.60 Å².